The lowest BCUT2D eigenvalue weighted by atomic mass is 9.78. The molecule has 0 radical (unpaired) electrons. The van der Waals surface area contributed by atoms with E-state index in [4.69, 9.17) is 36.9 Å². The Morgan fingerprint density at radius 3 is 2.28 bits per heavy atom. The highest BCUT2D eigenvalue weighted by atomic mass is 32.1. The Morgan fingerprint density at radius 2 is 1.66 bits per heavy atom. The van der Waals surface area contributed by atoms with Gasteiger partial charge in [0.25, 0.3) is 11.7 Å². The number of aliphatic hydroxyl groups is 2. The van der Waals surface area contributed by atoms with E-state index in [0.717, 1.165) is 30.8 Å². The number of phenols is 3. The molecule has 1 aliphatic carbocycles. The smallest absolute Gasteiger partial charge is 0.312 e. The van der Waals surface area contributed by atoms with E-state index in [1.807, 2.05) is 24.1 Å². The van der Waals surface area contributed by atoms with Crippen LogP contribution in [0.2, 0.25) is 0 Å². The van der Waals surface area contributed by atoms with Crippen molar-refractivity contribution in [2.45, 2.75) is 131 Å². The summed E-state index contributed by atoms with van der Waals surface area (Å²) in [5.41, 5.74) is 7.07. The largest absolute Gasteiger partial charge is 0.507 e. The summed E-state index contributed by atoms with van der Waals surface area (Å²) >= 11 is 4.82. The van der Waals surface area contributed by atoms with Crippen molar-refractivity contribution >= 4 is 57.5 Å². The number of hydrazone groups is 1. The average molecular weight is 1040 g/mol. The summed E-state index contributed by atoms with van der Waals surface area (Å²) in [7, 11) is 1.44. The molecule has 5 aliphatic rings. The maximum atomic E-state index is 14.5. The zero-order valence-electron chi connectivity index (χ0n) is 44.1. The zero-order chi connectivity index (χ0) is 54.3. The van der Waals surface area contributed by atoms with Crippen LogP contribution in [0, 0.1) is 30.6 Å². The third-order valence-corrected chi connectivity index (χ3v) is 15.2. The van der Waals surface area contributed by atoms with Crippen LogP contribution in [0.25, 0.3) is 10.8 Å². The van der Waals surface area contributed by atoms with Crippen LogP contribution in [0.15, 0.2) is 59.6 Å². The molecule has 1 saturated carbocycles. The summed E-state index contributed by atoms with van der Waals surface area (Å²) in [6.07, 6.45) is 12.4. The minimum absolute atomic E-state index is 0.0631. The molecule has 0 unspecified atom stereocenters. The predicted octanol–water partition coefficient (Wildman–Crippen LogP) is 6.93. The number of amides is 1. The van der Waals surface area contributed by atoms with Crippen LogP contribution in [0.4, 0.5) is 5.69 Å². The number of aromatic nitrogens is 1. The van der Waals surface area contributed by atoms with Gasteiger partial charge >= 0.3 is 11.8 Å². The van der Waals surface area contributed by atoms with Crippen molar-refractivity contribution in [3.05, 3.63) is 82.4 Å². The number of nitrogens with one attached hydrogen (secondary N) is 1. The Balaban J connectivity index is 0.000000717. The minimum atomic E-state index is -2.04. The molecule has 74 heavy (non-hydrogen) atoms. The van der Waals surface area contributed by atoms with E-state index in [1.54, 1.807) is 46.0 Å². The van der Waals surface area contributed by atoms with Gasteiger partial charge in [0, 0.05) is 111 Å². The van der Waals surface area contributed by atoms with Gasteiger partial charge in [0.1, 0.15) is 28.3 Å². The number of phenolic OH excluding ortho intramolecular Hbond substituents is 3. The van der Waals surface area contributed by atoms with E-state index in [9.17, 15) is 39.9 Å². The van der Waals surface area contributed by atoms with Crippen LogP contribution in [0.5, 0.6) is 23.0 Å². The number of fused-ring (bicyclic) bond motifs is 14. The molecule has 3 aromatic rings. The molecule has 9 atom stereocenters. The fourth-order valence-electron chi connectivity index (χ4n) is 10.3. The van der Waals surface area contributed by atoms with E-state index >= 15 is 0 Å². The van der Waals surface area contributed by atoms with Crippen molar-refractivity contribution in [1.29, 1.82) is 0 Å². The van der Waals surface area contributed by atoms with E-state index in [-0.39, 0.29) is 44.5 Å². The lowest BCUT2D eigenvalue weighted by Gasteiger charge is -2.38. The molecular formula is C55H74N6O12S. The number of pyridine rings is 1. The molecule has 1 amide bonds. The molecule has 8 rings (SSSR count). The number of carbonyl (C=O) groups is 3. The first-order valence-corrected chi connectivity index (χ1v) is 25.8. The predicted molar refractivity (Wildman–Crippen MR) is 286 cm³/mol. The van der Waals surface area contributed by atoms with Crippen LogP contribution in [-0.2, 0) is 30.2 Å². The molecule has 8 N–H and O–H groups in total. The number of hydrogen-bond acceptors (Lipinski definition) is 17. The van der Waals surface area contributed by atoms with Crippen molar-refractivity contribution in [3.63, 3.8) is 0 Å². The van der Waals surface area contributed by atoms with Gasteiger partial charge in [-0.1, -0.05) is 77.9 Å². The highest BCUT2D eigenvalue weighted by molar-refractivity contribution is 7.80. The molecule has 402 valence electrons. The fraction of sp³-hybridized carbons (Fsp3) is 0.527. The number of piperazine rings is 1. The Morgan fingerprint density at radius 1 is 0.986 bits per heavy atom. The molecule has 0 spiro atoms. The number of allylic oxidation sites excluding steroid dienone is 2. The number of Topliss-reactive ketones (excluding diaryl/α,β-unsaturated/α-hetero) is 1. The number of anilines is 1. The van der Waals surface area contributed by atoms with Gasteiger partial charge in [0.2, 0.25) is 0 Å². The number of esters is 1. The van der Waals surface area contributed by atoms with Crippen molar-refractivity contribution < 1.29 is 58.9 Å². The summed E-state index contributed by atoms with van der Waals surface area (Å²) in [5, 5.41) is 67.6. The molecule has 5 bridgehead atoms. The first kappa shape index (κ1) is 57.2. The topological polar surface area (TPSA) is 259 Å². The third kappa shape index (κ3) is 12.3. The summed E-state index contributed by atoms with van der Waals surface area (Å²) in [6, 6.07) is 4.29. The number of carbonyl (C=O) groups excluding carboxylic acids is 3. The second kappa shape index (κ2) is 24.5. The summed E-state index contributed by atoms with van der Waals surface area (Å²) in [4.78, 5) is 47.8. The average Bonchev–Trinajstić information content (AvgIpc) is 4.02. The molecular weight excluding hydrogens is 969 g/mol. The van der Waals surface area contributed by atoms with Crippen LogP contribution in [-0.4, -0.2) is 139 Å². The van der Waals surface area contributed by atoms with E-state index in [2.05, 4.69) is 20.3 Å². The van der Waals surface area contributed by atoms with Gasteiger partial charge in [0.15, 0.2) is 5.75 Å². The van der Waals surface area contributed by atoms with Gasteiger partial charge in [-0.05, 0) is 51.3 Å². The van der Waals surface area contributed by atoms with Crippen molar-refractivity contribution in [3.8, 4) is 23.0 Å². The minimum Gasteiger partial charge on any atom is -0.507 e. The molecule has 1 aromatic heterocycles. The van der Waals surface area contributed by atoms with Crippen molar-refractivity contribution in [2.75, 3.05) is 38.6 Å². The summed E-state index contributed by atoms with van der Waals surface area (Å²) in [5.74, 6) is -8.28. The SMILES string of the molecule is CCc1cc(C(N)=S)ccn1.CO[C@H]1/C=C/O[C@@]2(C)Oc3c(C)c(O)c4c(O)c(c(/C=N\N5CCN(C6CCCC6)CC5)c(O)c4c3C2=O)NC(=O)/C(C)=C\C=C\[C@H](C)[C@H](O)[C@@H](C)[C@@H](O)[C@@H](C)[C@H](OC(C)=O)[C@@H]1C. The fourth-order valence-corrected chi connectivity index (χ4v) is 10.4. The maximum Gasteiger partial charge on any atom is 0.312 e. The highest BCUT2D eigenvalue weighted by Gasteiger charge is 2.50. The summed E-state index contributed by atoms with van der Waals surface area (Å²) < 4.78 is 23.7. The number of aliphatic hydroxyl groups excluding tert-OH is 2. The molecule has 18 nitrogen and oxygen atoms in total. The Hall–Kier alpha value is -6.12. The number of ketones is 1. The van der Waals surface area contributed by atoms with Crippen LogP contribution in [0.3, 0.4) is 0 Å². The van der Waals surface area contributed by atoms with E-state index < -0.39 is 88.8 Å². The Kier molecular flexibility index (Phi) is 18.9. The number of benzene rings is 2. The van der Waals surface area contributed by atoms with Gasteiger partial charge in [-0.25, -0.2) is 0 Å². The van der Waals surface area contributed by atoms with Crippen LogP contribution < -0.4 is 15.8 Å². The molecule has 2 fully saturated rings. The number of nitrogens with zero attached hydrogens (tertiary/aromatic N) is 4. The van der Waals surface area contributed by atoms with Gasteiger partial charge in [0.05, 0.1) is 53.0 Å². The number of methoxy groups -OCH3 is 1. The first-order valence-electron chi connectivity index (χ1n) is 25.4. The van der Waals surface area contributed by atoms with E-state index in [0.29, 0.717) is 24.1 Å². The number of aromatic hydroxyl groups is 3. The number of rotatable bonds is 7. The van der Waals surface area contributed by atoms with Crippen molar-refractivity contribution in [1.82, 2.24) is 14.9 Å². The van der Waals surface area contributed by atoms with Gasteiger partial charge in [-0.2, -0.15) is 5.10 Å². The van der Waals surface area contributed by atoms with Gasteiger partial charge < -0.3 is 55.5 Å². The standard InChI is InChI=1S/C47H64N4O12.C8H10N2S/c1-24-13-12-14-25(2)46(59)49-37-32(23-48-51-20-18-50(19-21-51)31-15-10-11-16-31)41(56)34-35(42(37)57)40(55)29(6)44-36(34)45(58)47(8,63-44)61-22-17-33(60-9)26(3)43(62-30(7)52)28(5)39(54)27(4)38(24)53;1-2-7-5-6(8(9)11)3-4-10-7/h12-14,17,22-24,26-28,31,33,38-39,43,53-57H,10-11,15-16,18-21H2,1-9H3,(H,49,59);3-5H,2H2,1H3,(H2,9,11)/b13-12+,22-17+,25-14-,48-23-;/t24-,26+,27+,28+,33-,38-,39+,43+,47-;/m0./s1. The second-order valence-corrected chi connectivity index (χ2v) is 20.5. The normalized spacial score (nSPS) is 29.0. The molecule has 19 heteroatoms. The molecule has 1 saturated heterocycles. The van der Waals surface area contributed by atoms with Crippen LogP contribution >= 0.6 is 12.2 Å². The molecule has 5 heterocycles. The van der Waals surface area contributed by atoms with Gasteiger partial charge in [-0.3, -0.25) is 29.3 Å². The van der Waals surface area contributed by atoms with Crippen molar-refractivity contribution in [2.24, 2.45) is 34.5 Å². The monoisotopic (exact) mass is 1040 g/mol. The highest BCUT2D eigenvalue weighted by Crippen LogP contribution is 2.55. The summed E-state index contributed by atoms with van der Waals surface area (Å²) in [6.45, 7) is 17.4. The lowest BCUT2D eigenvalue weighted by Crippen LogP contribution is -2.47. The van der Waals surface area contributed by atoms with E-state index in [1.165, 1.54) is 85.1 Å². The number of aryl methyl sites for hydroxylation is 1. The molecule has 2 aromatic carbocycles. The number of hydrogen-bond donors (Lipinski definition) is 7. The quantitative estimate of drug-likeness (QED) is 0.0416. The van der Waals surface area contributed by atoms with Crippen LogP contribution in [0.1, 0.15) is 114 Å². The lowest BCUT2D eigenvalue weighted by molar-refractivity contribution is -0.160. The second-order valence-electron chi connectivity index (χ2n) is 20.0. The number of ether oxygens (including phenoxy) is 4. The maximum absolute atomic E-state index is 14.5. The zero-order valence-corrected chi connectivity index (χ0v) is 44.9. The Labute approximate surface area is 438 Å². The third-order valence-electron chi connectivity index (χ3n) is 15.0. The Bertz CT molecular complexity index is 2700. The number of nitrogens with two attached hydrogens (primary N) is 1. The molecule has 4 aliphatic heterocycles. The first-order chi connectivity index (χ1) is 35.0. The number of thiocarbonyl (C=S) groups is 1. The van der Waals surface area contributed by atoms with Gasteiger partial charge in [-0.15, -0.1) is 0 Å².